The predicted octanol–water partition coefficient (Wildman–Crippen LogP) is 7.97. The summed E-state index contributed by atoms with van der Waals surface area (Å²) < 4.78 is 30.7. The van der Waals surface area contributed by atoms with E-state index in [2.05, 4.69) is 25.8 Å². The number of unbranched alkanes of at least 4 members (excludes halogenated alkanes) is 1. The number of oxazole rings is 1. The van der Waals surface area contributed by atoms with Crippen LogP contribution in [0.1, 0.15) is 56.1 Å². The summed E-state index contributed by atoms with van der Waals surface area (Å²) >= 11 is 13.1. The van der Waals surface area contributed by atoms with Crippen molar-refractivity contribution in [2.24, 2.45) is 0 Å². The minimum Gasteiger partial charge on any atom is -0.486 e. The van der Waals surface area contributed by atoms with Crippen molar-refractivity contribution in [3.8, 4) is 5.75 Å². The Kier molecular flexibility index (Phi) is 7.84. The van der Waals surface area contributed by atoms with Gasteiger partial charge in [0, 0.05) is 21.7 Å². The summed E-state index contributed by atoms with van der Waals surface area (Å²) in [5.74, 6) is 0.926. The van der Waals surface area contributed by atoms with Crippen molar-refractivity contribution in [3.63, 3.8) is 0 Å². The summed E-state index contributed by atoms with van der Waals surface area (Å²) in [7, 11) is -2.97. The fraction of sp³-hybridized carbons (Fsp3) is 0.375. The molecule has 1 aromatic heterocycles. The summed E-state index contributed by atoms with van der Waals surface area (Å²) in [6.07, 6.45) is 5.51. The molecule has 0 atom stereocenters. The van der Waals surface area contributed by atoms with Gasteiger partial charge in [0.15, 0.2) is 17.2 Å². The summed E-state index contributed by atoms with van der Waals surface area (Å²) in [5.41, 5.74) is 2.82. The van der Waals surface area contributed by atoms with E-state index in [1.165, 1.54) is 12.6 Å². The van der Waals surface area contributed by atoms with E-state index in [4.69, 9.17) is 32.4 Å². The van der Waals surface area contributed by atoms with Crippen LogP contribution in [0.3, 0.4) is 0 Å². The normalized spacial score (nSPS) is 12.8. The van der Waals surface area contributed by atoms with E-state index in [9.17, 15) is 9.11 Å². The Morgan fingerprint density at radius 3 is 2.25 bits per heavy atom. The molecule has 5 nitrogen and oxygen atoms in total. The molecule has 0 aliphatic rings. The monoisotopic (exact) mass is 497 g/mol. The topological polar surface area (TPSA) is 75.7 Å². The quantitative estimate of drug-likeness (QED) is 0.313. The first kappa shape index (κ1) is 24.9. The largest absolute Gasteiger partial charge is 0.486 e. The Balaban J connectivity index is 1.76. The van der Waals surface area contributed by atoms with E-state index in [0.29, 0.717) is 21.6 Å². The van der Waals surface area contributed by atoms with Gasteiger partial charge in [0.25, 0.3) is 0 Å². The molecule has 174 valence electrons. The van der Waals surface area contributed by atoms with Crippen molar-refractivity contribution in [2.75, 3.05) is 6.26 Å². The second-order valence-corrected chi connectivity index (χ2v) is 11.2. The number of hydrogen-bond donors (Lipinski definition) is 2. The first-order valence-electron chi connectivity index (χ1n) is 10.4. The lowest BCUT2D eigenvalue weighted by molar-refractivity contribution is 0.264. The molecule has 0 bridgehead atoms. The Labute approximate surface area is 201 Å². The van der Waals surface area contributed by atoms with Crippen molar-refractivity contribution in [1.29, 1.82) is 0 Å². The highest BCUT2D eigenvalue weighted by molar-refractivity contribution is 8.23. The van der Waals surface area contributed by atoms with Crippen LogP contribution in [-0.4, -0.2) is 20.3 Å². The lowest BCUT2D eigenvalue weighted by atomic mass is 9.78. The first-order chi connectivity index (χ1) is 15.0. The second-order valence-electron chi connectivity index (χ2n) is 8.37. The van der Waals surface area contributed by atoms with Crippen molar-refractivity contribution in [2.45, 2.75) is 57.1 Å². The molecule has 0 amide bonds. The maximum Gasteiger partial charge on any atom is 0.191 e. The first-order valence-corrected chi connectivity index (χ1v) is 13.1. The van der Waals surface area contributed by atoms with Crippen molar-refractivity contribution in [3.05, 3.63) is 75.3 Å². The molecule has 0 saturated carbocycles. The number of ether oxygens (including phenoxy) is 1. The SMILES string of the molecule is CCCCc1c(Cl)cc(C(C)(C)c2ccc(OCc3ocnc3S(C)(O)O)cc2)cc1Cl. The van der Waals surface area contributed by atoms with Gasteiger partial charge in [0.1, 0.15) is 12.4 Å². The van der Waals surface area contributed by atoms with Gasteiger partial charge < -0.3 is 9.15 Å². The molecule has 0 saturated heterocycles. The van der Waals surface area contributed by atoms with E-state index in [1.54, 1.807) is 0 Å². The molecule has 0 aliphatic carbocycles. The number of aromatic nitrogens is 1. The molecular formula is C24H29Cl2NO4S. The lowest BCUT2D eigenvalue weighted by Crippen LogP contribution is -2.19. The van der Waals surface area contributed by atoms with Crippen LogP contribution in [0.2, 0.25) is 10.0 Å². The van der Waals surface area contributed by atoms with E-state index >= 15 is 0 Å². The number of halogens is 2. The van der Waals surface area contributed by atoms with Crippen molar-refractivity contribution in [1.82, 2.24) is 4.98 Å². The van der Waals surface area contributed by atoms with Crippen LogP contribution in [0, 0.1) is 0 Å². The third-order valence-electron chi connectivity index (χ3n) is 5.56. The zero-order valence-corrected chi connectivity index (χ0v) is 21.0. The van der Waals surface area contributed by atoms with Gasteiger partial charge in [-0.1, -0.05) is 62.5 Å². The highest BCUT2D eigenvalue weighted by Gasteiger charge is 2.25. The lowest BCUT2D eigenvalue weighted by Gasteiger charge is -2.27. The molecule has 32 heavy (non-hydrogen) atoms. The average molecular weight is 498 g/mol. The molecule has 3 aromatic rings. The Morgan fingerprint density at radius 2 is 1.69 bits per heavy atom. The van der Waals surface area contributed by atoms with E-state index in [-0.39, 0.29) is 17.0 Å². The molecule has 0 aliphatic heterocycles. The molecule has 0 spiro atoms. The number of nitrogens with zero attached hydrogens (tertiary/aromatic N) is 1. The molecule has 2 aromatic carbocycles. The van der Waals surface area contributed by atoms with Gasteiger partial charge >= 0.3 is 0 Å². The van der Waals surface area contributed by atoms with E-state index < -0.39 is 10.6 Å². The minimum absolute atomic E-state index is 0.0478. The van der Waals surface area contributed by atoms with Crippen LogP contribution in [0.4, 0.5) is 0 Å². The molecule has 0 radical (unpaired) electrons. The highest BCUT2D eigenvalue weighted by Crippen LogP contribution is 2.45. The second kappa shape index (κ2) is 10.1. The molecular weight excluding hydrogens is 469 g/mol. The molecule has 3 rings (SSSR count). The van der Waals surface area contributed by atoms with Crippen LogP contribution in [-0.2, 0) is 18.4 Å². The number of hydrogen-bond acceptors (Lipinski definition) is 5. The van der Waals surface area contributed by atoms with E-state index in [0.717, 1.165) is 36.0 Å². The van der Waals surface area contributed by atoms with Crippen LogP contribution >= 0.6 is 33.8 Å². The molecule has 8 heteroatoms. The summed E-state index contributed by atoms with van der Waals surface area (Å²) in [6, 6.07) is 11.8. The standard InChI is InChI=1S/C24H29Cl2NO4S/c1-5-6-7-19-20(25)12-17(13-21(19)26)24(2,3)16-8-10-18(11-9-16)30-14-22-23(27-15-31-22)32(4,28)29/h8-13,15,28-29H,5-7,14H2,1-4H3. The van der Waals surface area contributed by atoms with Gasteiger partial charge in [-0.25, -0.2) is 0 Å². The van der Waals surface area contributed by atoms with Crippen LogP contribution in [0.25, 0.3) is 0 Å². The average Bonchev–Trinajstić information content (AvgIpc) is 3.21. The van der Waals surface area contributed by atoms with Crippen molar-refractivity contribution < 1.29 is 18.3 Å². The fourth-order valence-electron chi connectivity index (χ4n) is 3.51. The zero-order chi connectivity index (χ0) is 23.5. The van der Waals surface area contributed by atoms with Crippen LogP contribution in [0.15, 0.2) is 52.2 Å². The number of rotatable bonds is 9. The van der Waals surface area contributed by atoms with Gasteiger partial charge in [0.2, 0.25) is 0 Å². The summed E-state index contributed by atoms with van der Waals surface area (Å²) in [5, 5.41) is 1.53. The Bertz CT molecular complexity index is 1040. The van der Waals surface area contributed by atoms with Crippen LogP contribution in [0.5, 0.6) is 5.75 Å². The van der Waals surface area contributed by atoms with Crippen LogP contribution < -0.4 is 4.74 Å². The Morgan fingerprint density at radius 1 is 1.06 bits per heavy atom. The summed E-state index contributed by atoms with van der Waals surface area (Å²) in [4.78, 5) is 3.89. The predicted molar refractivity (Wildman–Crippen MR) is 132 cm³/mol. The Hall–Kier alpha value is -1.70. The fourth-order valence-corrected chi connectivity index (χ4v) is 4.97. The molecule has 1 heterocycles. The molecule has 0 fully saturated rings. The van der Waals surface area contributed by atoms with Gasteiger partial charge in [0.05, 0.1) is 0 Å². The smallest absolute Gasteiger partial charge is 0.191 e. The third-order valence-corrected chi connectivity index (χ3v) is 7.30. The van der Waals surface area contributed by atoms with Gasteiger partial charge in [-0.2, -0.15) is 15.6 Å². The molecule has 2 N–H and O–H groups in total. The highest BCUT2D eigenvalue weighted by atomic mass is 35.5. The number of benzene rings is 2. The van der Waals surface area contributed by atoms with Gasteiger partial charge in [-0.15, -0.1) is 0 Å². The third kappa shape index (κ3) is 5.61. The van der Waals surface area contributed by atoms with Gasteiger partial charge in [-0.05, 0) is 53.8 Å². The zero-order valence-electron chi connectivity index (χ0n) is 18.7. The summed E-state index contributed by atoms with van der Waals surface area (Å²) in [6.45, 7) is 6.45. The minimum atomic E-state index is -2.97. The molecule has 0 unspecified atom stereocenters. The van der Waals surface area contributed by atoms with Crippen molar-refractivity contribution >= 4 is 33.8 Å². The maximum atomic E-state index is 9.83. The van der Waals surface area contributed by atoms with Gasteiger partial charge in [-0.3, -0.25) is 9.11 Å². The maximum absolute atomic E-state index is 9.83. The van der Waals surface area contributed by atoms with E-state index in [1.807, 2.05) is 36.4 Å².